The maximum Gasteiger partial charge on any atom is 0.280 e. The van der Waals surface area contributed by atoms with E-state index in [1.54, 1.807) is 9.25 Å². The lowest BCUT2D eigenvalue weighted by Gasteiger charge is -2.10. The molecule has 0 aliphatic heterocycles. The SMILES string of the molecule is CCCn1c(SCC(N)=O)nc2c(C)nn(CC)c2c1=O. The van der Waals surface area contributed by atoms with E-state index in [1.165, 1.54) is 11.8 Å². The summed E-state index contributed by atoms with van der Waals surface area (Å²) in [4.78, 5) is 28.2. The molecule has 2 aromatic rings. The van der Waals surface area contributed by atoms with Crippen LogP contribution in [0.2, 0.25) is 0 Å². The average molecular weight is 309 g/mol. The Kier molecular flexibility index (Phi) is 4.66. The standard InChI is InChI=1S/C13H19N5O2S/c1-4-6-17-12(20)11-10(8(3)16-18(11)5-2)15-13(17)21-7-9(14)19/h4-7H2,1-3H3,(H2,14,19). The first kappa shape index (κ1) is 15.6. The summed E-state index contributed by atoms with van der Waals surface area (Å²) in [6, 6.07) is 0. The molecule has 0 aliphatic carbocycles. The number of hydrogen-bond acceptors (Lipinski definition) is 5. The largest absolute Gasteiger partial charge is 0.369 e. The minimum Gasteiger partial charge on any atom is -0.369 e. The molecule has 0 saturated carbocycles. The predicted molar refractivity (Wildman–Crippen MR) is 82.4 cm³/mol. The van der Waals surface area contributed by atoms with Gasteiger partial charge in [-0.25, -0.2) is 4.98 Å². The summed E-state index contributed by atoms with van der Waals surface area (Å²) in [6.45, 7) is 6.92. The predicted octanol–water partition coefficient (Wildman–Crippen LogP) is 0.909. The second-order valence-electron chi connectivity index (χ2n) is 4.70. The Morgan fingerprint density at radius 3 is 2.67 bits per heavy atom. The molecule has 2 aromatic heterocycles. The van der Waals surface area contributed by atoms with Crippen LogP contribution in [0.25, 0.3) is 11.0 Å². The van der Waals surface area contributed by atoms with Crippen LogP contribution in [0.15, 0.2) is 9.95 Å². The number of aryl methyl sites for hydroxylation is 2. The number of nitrogens with two attached hydrogens (primary N) is 1. The van der Waals surface area contributed by atoms with E-state index in [0.717, 1.165) is 6.42 Å². The second-order valence-corrected chi connectivity index (χ2v) is 5.65. The van der Waals surface area contributed by atoms with Gasteiger partial charge in [-0.1, -0.05) is 18.7 Å². The lowest BCUT2D eigenvalue weighted by atomic mass is 10.3. The smallest absolute Gasteiger partial charge is 0.280 e. The van der Waals surface area contributed by atoms with Gasteiger partial charge in [-0.15, -0.1) is 0 Å². The number of fused-ring (bicyclic) bond motifs is 1. The number of hydrogen-bond donors (Lipinski definition) is 1. The molecule has 2 heterocycles. The summed E-state index contributed by atoms with van der Waals surface area (Å²) in [7, 11) is 0. The second kappa shape index (κ2) is 6.30. The van der Waals surface area contributed by atoms with Crippen molar-refractivity contribution in [2.24, 2.45) is 5.73 Å². The van der Waals surface area contributed by atoms with Gasteiger partial charge in [-0.3, -0.25) is 18.8 Å². The molecule has 21 heavy (non-hydrogen) atoms. The maximum atomic E-state index is 12.7. The Bertz CT molecular complexity index is 734. The van der Waals surface area contributed by atoms with Gasteiger partial charge in [0, 0.05) is 13.1 Å². The van der Waals surface area contributed by atoms with E-state index < -0.39 is 5.91 Å². The first-order chi connectivity index (χ1) is 9.99. The molecule has 0 spiro atoms. The van der Waals surface area contributed by atoms with Gasteiger partial charge in [0.2, 0.25) is 5.91 Å². The lowest BCUT2D eigenvalue weighted by Crippen LogP contribution is -2.25. The normalized spacial score (nSPS) is 11.2. The monoisotopic (exact) mass is 309 g/mol. The summed E-state index contributed by atoms with van der Waals surface area (Å²) in [6.07, 6.45) is 0.802. The number of carbonyl (C=O) groups excluding carboxylic acids is 1. The highest BCUT2D eigenvalue weighted by atomic mass is 32.2. The van der Waals surface area contributed by atoms with Crippen molar-refractivity contribution in [2.75, 3.05) is 5.75 Å². The van der Waals surface area contributed by atoms with Crippen molar-refractivity contribution in [2.45, 2.75) is 45.4 Å². The van der Waals surface area contributed by atoms with Crippen molar-refractivity contribution >= 4 is 28.7 Å². The topological polar surface area (TPSA) is 95.8 Å². The molecule has 0 atom stereocenters. The third-order valence-corrected chi connectivity index (χ3v) is 4.07. The zero-order valence-corrected chi connectivity index (χ0v) is 13.2. The van der Waals surface area contributed by atoms with Crippen molar-refractivity contribution in [3.8, 4) is 0 Å². The fourth-order valence-corrected chi connectivity index (χ4v) is 2.94. The van der Waals surface area contributed by atoms with Crippen LogP contribution in [0.3, 0.4) is 0 Å². The van der Waals surface area contributed by atoms with E-state index in [9.17, 15) is 9.59 Å². The van der Waals surface area contributed by atoms with Gasteiger partial charge in [0.15, 0.2) is 10.7 Å². The highest BCUT2D eigenvalue weighted by molar-refractivity contribution is 7.99. The lowest BCUT2D eigenvalue weighted by molar-refractivity contribution is -0.115. The molecule has 2 N–H and O–H groups in total. The Morgan fingerprint density at radius 1 is 1.38 bits per heavy atom. The molecule has 7 nitrogen and oxygen atoms in total. The summed E-state index contributed by atoms with van der Waals surface area (Å²) < 4.78 is 3.28. The van der Waals surface area contributed by atoms with E-state index in [1.807, 2.05) is 20.8 Å². The molecule has 0 bridgehead atoms. The molecular formula is C13H19N5O2S. The van der Waals surface area contributed by atoms with Crippen molar-refractivity contribution in [3.05, 3.63) is 16.0 Å². The van der Waals surface area contributed by atoms with Crippen LogP contribution in [0.1, 0.15) is 26.0 Å². The molecule has 0 aromatic carbocycles. The van der Waals surface area contributed by atoms with Crippen LogP contribution in [-0.4, -0.2) is 31.0 Å². The third-order valence-electron chi connectivity index (χ3n) is 3.07. The number of nitrogens with zero attached hydrogens (tertiary/aromatic N) is 4. The van der Waals surface area contributed by atoms with Crippen molar-refractivity contribution in [3.63, 3.8) is 0 Å². The van der Waals surface area contributed by atoms with Gasteiger partial charge in [0.05, 0.1) is 11.4 Å². The fraction of sp³-hybridized carbons (Fsp3) is 0.538. The summed E-state index contributed by atoms with van der Waals surface area (Å²) in [5, 5.41) is 4.87. The molecule has 0 aliphatic rings. The number of amides is 1. The molecule has 0 saturated heterocycles. The van der Waals surface area contributed by atoms with Crippen LogP contribution < -0.4 is 11.3 Å². The van der Waals surface area contributed by atoms with Crippen LogP contribution >= 0.6 is 11.8 Å². The van der Waals surface area contributed by atoms with Gasteiger partial charge in [0.1, 0.15) is 5.52 Å². The first-order valence-corrected chi connectivity index (χ1v) is 7.87. The van der Waals surface area contributed by atoms with Crippen molar-refractivity contribution in [1.82, 2.24) is 19.3 Å². The molecule has 2 rings (SSSR count). The number of thioether (sulfide) groups is 1. The van der Waals surface area contributed by atoms with Gasteiger partial charge < -0.3 is 5.73 Å². The van der Waals surface area contributed by atoms with E-state index in [0.29, 0.717) is 35.0 Å². The Hall–Kier alpha value is -1.83. The minimum absolute atomic E-state index is 0.0998. The Morgan fingerprint density at radius 2 is 2.10 bits per heavy atom. The summed E-state index contributed by atoms with van der Waals surface area (Å²) >= 11 is 1.19. The summed E-state index contributed by atoms with van der Waals surface area (Å²) in [5.41, 5.74) is 6.90. The van der Waals surface area contributed by atoms with Gasteiger partial charge in [-0.2, -0.15) is 5.10 Å². The zero-order chi connectivity index (χ0) is 15.6. The number of primary amides is 1. The molecule has 114 valence electrons. The number of aromatic nitrogens is 4. The molecular weight excluding hydrogens is 290 g/mol. The van der Waals surface area contributed by atoms with E-state index in [2.05, 4.69) is 10.1 Å². The molecule has 0 unspecified atom stereocenters. The van der Waals surface area contributed by atoms with E-state index in [4.69, 9.17) is 5.73 Å². The van der Waals surface area contributed by atoms with Gasteiger partial charge >= 0.3 is 0 Å². The minimum atomic E-state index is -0.432. The molecule has 0 radical (unpaired) electrons. The Balaban J connectivity index is 2.67. The van der Waals surface area contributed by atoms with Gasteiger partial charge in [-0.05, 0) is 20.3 Å². The van der Waals surface area contributed by atoms with Crippen LogP contribution in [-0.2, 0) is 17.9 Å². The van der Waals surface area contributed by atoms with Gasteiger partial charge in [0.25, 0.3) is 5.56 Å². The molecule has 1 amide bonds. The fourth-order valence-electron chi connectivity index (χ4n) is 2.18. The highest BCUT2D eigenvalue weighted by Gasteiger charge is 2.18. The number of rotatable bonds is 6. The molecule has 8 heteroatoms. The Labute approximate surface area is 126 Å². The van der Waals surface area contributed by atoms with Crippen molar-refractivity contribution in [1.29, 1.82) is 0 Å². The zero-order valence-electron chi connectivity index (χ0n) is 12.4. The average Bonchev–Trinajstić information content (AvgIpc) is 2.76. The third kappa shape index (κ3) is 2.94. The molecule has 0 fully saturated rings. The first-order valence-electron chi connectivity index (χ1n) is 6.88. The van der Waals surface area contributed by atoms with Crippen LogP contribution in [0.4, 0.5) is 0 Å². The van der Waals surface area contributed by atoms with Crippen LogP contribution in [0.5, 0.6) is 0 Å². The maximum absolute atomic E-state index is 12.7. The van der Waals surface area contributed by atoms with E-state index >= 15 is 0 Å². The van der Waals surface area contributed by atoms with Crippen molar-refractivity contribution < 1.29 is 4.79 Å². The highest BCUT2D eigenvalue weighted by Crippen LogP contribution is 2.19. The number of carbonyl (C=O) groups is 1. The van der Waals surface area contributed by atoms with Crippen LogP contribution in [0, 0.1) is 6.92 Å². The van der Waals surface area contributed by atoms with E-state index in [-0.39, 0.29) is 11.3 Å². The summed E-state index contributed by atoms with van der Waals surface area (Å²) in [5.74, 6) is -0.332. The quantitative estimate of drug-likeness (QED) is 0.632.